The Morgan fingerprint density at radius 3 is 1.50 bits per heavy atom. The van der Waals surface area contributed by atoms with Crippen LogP contribution in [0.3, 0.4) is 0 Å². The second-order valence-electron chi connectivity index (χ2n) is 9.87. The maximum atomic E-state index is 14.5. The predicted octanol–water partition coefficient (Wildman–Crippen LogP) is 6.78. The lowest BCUT2D eigenvalue weighted by atomic mass is 9.82. The third-order valence-corrected chi connectivity index (χ3v) is 7.50. The fourth-order valence-corrected chi connectivity index (χ4v) is 5.33. The van der Waals surface area contributed by atoms with Crippen molar-refractivity contribution in [3.05, 3.63) is 84.4 Å². The van der Waals surface area contributed by atoms with Crippen molar-refractivity contribution < 1.29 is 54.9 Å². The third kappa shape index (κ3) is 6.19. The summed E-state index contributed by atoms with van der Waals surface area (Å²) < 4.78 is 107. The Labute approximate surface area is 239 Å². The van der Waals surface area contributed by atoms with E-state index >= 15 is 0 Å². The smallest absolute Gasteiger partial charge is 0.432 e. The number of ether oxygens (including phenoxy) is 4. The minimum absolute atomic E-state index is 0.352. The highest BCUT2D eigenvalue weighted by atomic mass is 19.4. The van der Waals surface area contributed by atoms with E-state index in [1.807, 2.05) is 0 Å². The van der Waals surface area contributed by atoms with Gasteiger partial charge in [0.25, 0.3) is 11.2 Å². The number of carbonyl (C=O) groups is 2. The summed E-state index contributed by atoms with van der Waals surface area (Å²) in [6.45, 7) is 3.53. The molecule has 2 unspecified atom stereocenters. The van der Waals surface area contributed by atoms with E-state index in [9.17, 15) is 35.9 Å². The normalized spacial score (nSPS) is 19.0. The lowest BCUT2D eigenvalue weighted by Gasteiger charge is -2.39. The molecule has 0 N–H and O–H groups in total. The van der Waals surface area contributed by atoms with Crippen molar-refractivity contribution in [1.29, 1.82) is 0 Å². The minimum Gasteiger partial charge on any atom is -0.455 e. The van der Waals surface area contributed by atoms with Gasteiger partial charge >= 0.3 is 24.3 Å². The zero-order valence-electron chi connectivity index (χ0n) is 23.0. The van der Waals surface area contributed by atoms with E-state index in [0.29, 0.717) is 39.9 Å². The van der Waals surface area contributed by atoms with Crippen molar-refractivity contribution in [3.8, 4) is 0 Å². The molecular formula is C30H32F6O6. The van der Waals surface area contributed by atoms with Gasteiger partial charge in [-0.15, -0.1) is 0 Å². The first-order valence-corrected chi connectivity index (χ1v) is 13.2. The number of methoxy groups -OCH3 is 2. The topological polar surface area (TPSA) is 71.1 Å². The molecule has 42 heavy (non-hydrogen) atoms. The Balaban J connectivity index is 2.06. The van der Waals surface area contributed by atoms with Gasteiger partial charge in [-0.05, 0) is 24.8 Å². The van der Waals surface area contributed by atoms with Crippen LogP contribution >= 0.6 is 0 Å². The van der Waals surface area contributed by atoms with Gasteiger partial charge in [0.15, 0.2) is 6.10 Å². The molecule has 0 amide bonds. The molecule has 0 aliphatic heterocycles. The molecule has 0 saturated heterocycles. The molecule has 1 saturated carbocycles. The van der Waals surface area contributed by atoms with Crippen LogP contribution in [0.2, 0.25) is 0 Å². The Bertz CT molecular complexity index is 1200. The molecule has 0 spiro atoms. The molecule has 1 aliphatic carbocycles. The van der Waals surface area contributed by atoms with E-state index in [1.54, 1.807) is 0 Å². The zero-order valence-corrected chi connectivity index (χ0v) is 23.0. The molecule has 0 aromatic heterocycles. The van der Waals surface area contributed by atoms with Crippen molar-refractivity contribution in [3.63, 3.8) is 0 Å². The maximum Gasteiger partial charge on any atom is 0.432 e. The molecule has 2 aromatic rings. The Morgan fingerprint density at radius 1 is 0.738 bits per heavy atom. The Kier molecular flexibility index (Phi) is 10.5. The van der Waals surface area contributed by atoms with E-state index in [1.165, 1.54) is 36.4 Å². The van der Waals surface area contributed by atoms with Crippen LogP contribution in [0, 0.1) is 5.92 Å². The molecule has 1 fully saturated rings. The van der Waals surface area contributed by atoms with Crippen LogP contribution in [0.4, 0.5) is 26.3 Å². The summed E-state index contributed by atoms with van der Waals surface area (Å²) in [4.78, 5) is 26.8. The number of alkyl halides is 6. The molecule has 1 aliphatic rings. The first-order chi connectivity index (χ1) is 19.8. The number of hydrogen-bond donors (Lipinski definition) is 0. The van der Waals surface area contributed by atoms with Gasteiger partial charge in [-0.3, -0.25) is 0 Å². The second kappa shape index (κ2) is 13.3. The average molecular weight is 603 g/mol. The van der Waals surface area contributed by atoms with Gasteiger partial charge in [0, 0.05) is 25.3 Å². The van der Waals surface area contributed by atoms with Crippen molar-refractivity contribution in [1.82, 2.24) is 0 Å². The summed E-state index contributed by atoms with van der Waals surface area (Å²) >= 11 is 0. The lowest BCUT2D eigenvalue weighted by molar-refractivity contribution is -0.285. The van der Waals surface area contributed by atoms with Gasteiger partial charge in [-0.1, -0.05) is 86.5 Å². The van der Waals surface area contributed by atoms with Crippen LogP contribution < -0.4 is 0 Å². The summed E-state index contributed by atoms with van der Waals surface area (Å²) in [6, 6.07) is 12.1. The molecule has 3 rings (SSSR count). The predicted molar refractivity (Wildman–Crippen MR) is 139 cm³/mol. The summed E-state index contributed by atoms with van der Waals surface area (Å²) in [5.41, 5.74) is -8.30. The zero-order chi connectivity index (χ0) is 31.2. The SMILES string of the molecule is C=C[C@H](OC(=O)C(OC)(c1ccccc1)C(F)(F)F)[C@H](OC(=O)C(OC)(c1ccccc1)C(F)(F)F)C1CCCCC1. The minimum atomic E-state index is -5.31. The van der Waals surface area contributed by atoms with Crippen LogP contribution in [-0.2, 0) is 39.7 Å². The van der Waals surface area contributed by atoms with E-state index in [4.69, 9.17) is 18.9 Å². The fraction of sp³-hybridized carbons (Fsp3) is 0.467. The largest absolute Gasteiger partial charge is 0.455 e. The van der Waals surface area contributed by atoms with Crippen LogP contribution in [0.5, 0.6) is 0 Å². The van der Waals surface area contributed by atoms with Crippen molar-refractivity contribution in [2.24, 2.45) is 5.92 Å². The number of halogens is 6. The quantitative estimate of drug-likeness (QED) is 0.160. The molecule has 230 valence electrons. The molecule has 12 heteroatoms. The molecule has 0 heterocycles. The van der Waals surface area contributed by atoms with E-state index in [0.717, 1.165) is 36.8 Å². The standard InChI is InChI=1S/C30H32F6O6/c1-4-23(41-25(37)27(39-2,29(31,32)33)21-16-10-6-11-17-21)24(20-14-8-5-9-15-20)42-26(38)28(40-3,30(34,35)36)22-18-12-7-13-19-22/h4,6-7,10-13,16-20,23-24H,1,5,8-9,14-15H2,2-3H3/t23-,24+,27?,28?/m0/s1. The first kappa shape index (κ1) is 33.1. The van der Waals surface area contributed by atoms with Gasteiger partial charge in [0.2, 0.25) is 0 Å². The molecule has 2 aromatic carbocycles. The monoisotopic (exact) mass is 602 g/mol. The highest BCUT2D eigenvalue weighted by molar-refractivity contribution is 5.84. The summed E-state index contributed by atoms with van der Waals surface area (Å²) in [7, 11) is 1.37. The summed E-state index contributed by atoms with van der Waals surface area (Å²) in [6.07, 6.45) is -10.3. The number of benzene rings is 2. The fourth-order valence-electron chi connectivity index (χ4n) is 5.33. The van der Waals surface area contributed by atoms with Gasteiger partial charge in [-0.2, -0.15) is 26.3 Å². The van der Waals surface area contributed by atoms with Gasteiger partial charge < -0.3 is 18.9 Å². The van der Waals surface area contributed by atoms with Crippen LogP contribution in [0.1, 0.15) is 43.2 Å². The Morgan fingerprint density at radius 2 is 1.14 bits per heavy atom. The van der Waals surface area contributed by atoms with E-state index in [-0.39, 0.29) is 0 Å². The summed E-state index contributed by atoms with van der Waals surface area (Å²) in [5, 5.41) is 0. The van der Waals surface area contributed by atoms with Crippen molar-refractivity contribution in [2.75, 3.05) is 14.2 Å². The van der Waals surface area contributed by atoms with Gasteiger partial charge in [0.05, 0.1) is 0 Å². The molecule has 6 nitrogen and oxygen atoms in total. The number of carbonyl (C=O) groups excluding carboxylic acids is 2. The maximum absolute atomic E-state index is 14.5. The van der Waals surface area contributed by atoms with Gasteiger partial charge in [-0.25, -0.2) is 9.59 Å². The number of rotatable bonds is 11. The molecule has 0 radical (unpaired) electrons. The second-order valence-corrected chi connectivity index (χ2v) is 9.87. The average Bonchev–Trinajstić information content (AvgIpc) is 2.96. The third-order valence-electron chi connectivity index (χ3n) is 7.50. The van der Waals surface area contributed by atoms with Crippen LogP contribution in [-0.4, -0.2) is 50.7 Å². The summed E-state index contributed by atoms with van der Waals surface area (Å²) in [5.74, 6) is -4.42. The van der Waals surface area contributed by atoms with Gasteiger partial charge in [0.1, 0.15) is 6.10 Å². The van der Waals surface area contributed by atoms with Crippen LogP contribution in [0.25, 0.3) is 0 Å². The van der Waals surface area contributed by atoms with E-state index < -0.39 is 64.7 Å². The Hall–Kier alpha value is -3.38. The molecule has 4 atom stereocenters. The van der Waals surface area contributed by atoms with Crippen LogP contribution in [0.15, 0.2) is 73.3 Å². The van der Waals surface area contributed by atoms with E-state index in [2.05, 4.69) is 6.58 Å². The highest BCUT2D eigenvalue weighted by Gasteiger charge is 2.66. The highest BCUT2D eigenvalue weighted by Crippen LogP contribution is 2.46. The van der Waals surface area contributed by atoms with Crippen molar-refractivity contribution >= 4 is 11.9 Å². The molecular weight excluding hydrogens is 570 g/mol. The number of esters is 2. The van der Waals surface area contributed by atoms with Crippen molar-refractivity contribution in [2.45, 2.75) is 67.9 Å². The number of hydrogen-bond acceptors (Lipinski definition) is 6. The molecule has 0 bridgehead atoms. The lowest BCUT2D eigenvalue weighted by Crippen LogP contribution is -2.56. The first-order valence-electron chi connectivity index (χ1n) is 13.2.